The minimum Gasteiger partial charge on any atom is -0.324 e. The Hall–Kier alpha value is -3.21. The van der Waals surface area contributed by atoms with Crippen LogP contribution in [0.1, 0.15) is 21.7 Å². The summed E-state index contributed by atoms with van der Waals surface area (Å²) in [6.07, 6.45) is 0. The van der Waals surface area contributed by atoms with Gasteiger partial charge in [-0.05, 0) is 56.3 Å². The van der Waals surface area contributed by atoms with E-state index in [1.807, 2.05) is 62.4 Å². The van der Waals surface area contributed by atoms with Gasteiger partial charge in [-0.1, -0.05) is 18.2 Å². The Bertz CT molecular complexity index is 856. The molecule has 1 amide bonds. The first-order chi connectivity index (χ1) is 12.0. The number of nitrogens with zero attached hydrogens (tertiary/aromatic N) is 3. The predicted molar refractivity (Wildman–Crippen MR) is 100 cm³/mol. The molecule has 0 aliphatic carbocycles. The van der Waals surface area contributed by atoms with Crippen molar-refractivity contribution in [2.24, 2.45) is 0 Å². The normalized spacial score (nSPS) is 10.4. The summed E-state index contributed by atoms with van der Waals surface area (Å²) in [4.78, 5) is 22.9. The monoisotopic (exact) mass is 332 g/mol. The van der Waals surface area contributed by atoms with E-state index >= 15 is 0 Å². The van der Waals surface area contributed by atoms with E-state index in [1.165, 1.54) is 0 Å². The number of carbonyl (C=O) groups is 1. The lowest BCUT2D eigenvalue weighted by molar-refractivity contribution is 0.0993. The molecule has 0 saturated heterocycles. The molecule has 0 fully saturated rings. The highest BCUT2D eigenvalue weighted by Crippen LogP contribution is 2.18. The average Bonchev–Trinajstić information content (AvgIpc) is 2.61. The molecule has 0 radical (unpaired) electrons. The van der Waals surface area contributed by atoms with Crippen molar-refractivity contribution in [2.45, 2.75) is 13.8 Å². The summed E-state index contributed by atoms with van der Waals surface area (Å²) in [5, 5.41) is 3.17. The van der Waals surface area contributed by atoms with Gasteiger partial charge in [0.2, 0.25) is 5.95 Å². The summed E-state index contributed by atoms with van der Waals surface area (Å²) in [7, 11) is 1.77. The first-order valence-corrected chi connectivity index (χ1v) is 8.05. The molecule has 0 unspecified atom stereocenters. The molecular weight excluding hydrogens is 312 g/mol. The van der Waals surface area contributed by atoms with Gasteiger partial charge < -0.3 is 10.2 Å². The van der Waals surface area contributed by atoms with E-state index in [2.05, 4.69) is 15.3 Å². The van der Waals surface area contributed by atoms with E-state index < -0.39 is 0 Å². The summed E-state index contributed by atoms with van der Waals surface area (Å²) >= 11 is 0. The smallest absolute Gasteiger partial charge is 0.258 e. The molecule has 1 aromatic heterocycles. The van der Waals surface area contributed by atoms with Gasteiger partial charge >= 0.3 is 0 Å². The SMILES string of the molecule is Cc1cc(C)nc(Nc2ccc(C(=O)N(C)c3ccccc3)cc2)n1. The van der Waals surface area contributed by atoms with Crippen molar-refractivity contribution in [2.75, 3.05) is 17.3 Å². The molecule has 3 rings (SSSR count). The fraction of sp³-hybridized carbons (Fsp3) is 0.150. The zero-order chi connectivity index (χ0) is 17.8. The topological polar surface area (TPSA) is 58.1 Å². The maximum absolute atomic E-state index is 12.6. The van der Waals surface area contributed by atoms with Crippen LogP contribution in [0, 0.1) is 13.8 Å². The van der Waals surface area contributed by atoms with Crippen molar-refractivity contribution in [3.63, 3.8) is 0 Å². The third-order valence-corrected chi connectivity index (χ3v) is 3.82. The molecule has 0 aliphatic rings. The zero-order valence-corrected chi connectivity index (χ0v) is 14.5. The van der Waals surface area contributed by atoms with E-state index in [-0.39, 0.29) is 5.91 Å². The standard InChI is InChI=1S/C20H20N4O/c1-14-13-15(2)22-20(21-14)23-17-11-9-16(10-12-17)19(25)24(3)18-7-5-4-6-8-18/h4-13H,1-3H3,(H,21,22,23). The van der Waals surface area contributed by atoms with Crippen LogP contribution in [-0.4, -0.2) is 22.9 Å². The van der Waals surface area contributed by atoms with Crippen LogP contribution in [0.5, 0.6) is 0 Å². The number of hydrogen-bond donors (Lipinski definition) is 1. The molecule has 0 aliphatic heterocycles. The maximum Gasteiger partial charge on any atom is 0.258 e. The second-order valence-corrected chi connectivity index (χ2v) is 5.88. The number of rotatable bonds is 4. The highest BCUT2D eigenvalue weighted by atomic mass is 16.2. The average molecular weight is 332 g/mol. The molecule has 0 saturated carbocycles. The number of hydrogen-bond acceptors (Lipinski definition) is 4. The first kappa shape index (κ1) is 16.6. The van der Waals surface area contributed by atoms with Crippen LogP contribution in [0.4, 0.5) is 17.3 Å². The van der Waals surface area contributed by atoms with Crippen LogP contribution in [0.25, 0.3) is 0 Å². The summed E-state index contributed by atoms with van der Waals surface area (Å²) in [5.41, 5.74) is 4.14. The number of nitrogens with one attached hydrogen (secondary N) is 1. The summed E-state index contributed by atoms with van der Waals surface area (Å²) in [5.74, 6) is 0.499. The Morgan fingerprint density at radius 3 is 2.12 bits per heavy atom. The van der Waals surface area contributed by atoms with Crippen molar-refractivity contribution >= 4 is 23.2 Å². The lowest BCUT2D eigenvalue weighted by Crippen LogP contribution is -2.26. The Morgan fingerprint density at radius 1 is 0.920 bits per heavy atom. The van der Waals surface area contributed by atoms with Gasteiger partial charge in [0, 0.05) is 35.4 Å². The number of aromatic nitrogens is 2. The van der Waals surface area contributed by atoms with Gasteiger partial charge in [-0.3, -0.25) is 4.79 Å². The minimum absolute atomic E-state index is 0.0552. The van der Waals surface area contributed by atoms with E-state index in [0.717, 1.165) is 22.8 Å². The van der Waals surface area contributed by atoms with Gasteiger partial charge in [-0.25, -0.2) is 9.97 Å². The molecule has 0 atom stereocenters. The molecule has 5 nitrogen and oxygen atoms in total. The molecule has 0 bridgehead atoms. The Labute approximate surface area is 147 Å². The molecule has 2 aromatic carbocycles. The van der Waals surface area contributed by atoms with Gasteiger partial charge in [0.1, 0.15) is 0 Å². The lowest BCUT2D eigenvalue weighted by Gasteiger charge is -2.17. The molecule has 1 heterocycles. The molecule has 126 valence electrons. The van der Waals surface area contributed by atoms with Gasteiger partial charge in [0.05, 0.1) is 0 Å². The fourth-order valence-electron chi connectivity index (χ4n) is 2.57. The van der Waals surface area contributed by atoms with Gasteiger partial charge in [0.15, 0.2) is 0 Å². The summed E-state index contributed by atoms with van der Waals surface area (Å²) in [6, 6.07) is 18.8. The molecule has 0 spiro atoms. The predicted octanol–water partition coefficient (Wildman–Crippen LogP) is 4.11. The number of anilines is 3. The van der Waals surface area contributed by atoms with Crippen molar-refractivity contribution in [1.29, 1.82) is 0 Å². The van der Waals surface area contributed by atoms with Crippen LogP contribution in [0.2, 0.25) is 0 Å². The highest BCUT2D eigenvalue weighted by molar-refractivity contribution is 6.05. The number of aryl methyl sites for hydroxylation is 2. The summed E-state index contributed by atoms with van der Waals surface area (Å²) < 4.78 is 0. The Morgan fingerprint density at radius 2 is 1.52 bits per heavy atom. The minimum atomic E-state index is -0.0552. The van der Waals surface area contributed by atoms with Crippen LogP contribution >= 0.6 is 0 Å². The van der Waals surface area contributed by atoms with Gasteiger partial charge in [-0.15, -0.1) is 0 Å². The molecule has 5 heteroatoms. The lowest BCUT2D eigenvalue weighted by atomic mass is 10.1. The number of benzene rings is 2. The summed E-state index contributed by atoms with van der Waals surface area (Å²) in [6.45, 7) is 3.86. The van der Waals surface area contributed by atoms with Crippen LogP contribution in [-0.2, 0) is 0 Å². The van der Waals surface area contributed by atoms with E-state index in [9.17, 15) is 4.79 Å². The van der Waals surface area contributed by atoms with E-state index in [0.29, 0.717) is 11.5 Å². The quantitative estimate of drug-likeness (QED) is 0.781. The van der Waals surface area contributed by atoms with Crippen molar-refractivity contribution in [3.05, 3.63) is 77.6 Å². The molecular formula is C20H20N4O. The zero-order valence-electron chi connectivity index (χ0n) is 14.5. The van der Waals surface area contributed by atoms with Crippen molar-refractivity contribution < 1.29 is 4.79 Å². The molecule has 1 N–H and O–H groups in total. The number of amides is 1. The van der Waals surface area contributed by atoms with Crippen LogP contribution in [0.3, 0.4) is 0 Å². The Balaban J connectivity index is 1.74. The van der Waals surface area contributed by atoms with E-state index in [1.54, 1.807) is 24.1 Å². The van der Waals surface area contributed by atoms with Gasteiger partial charge in [0.25, 0.3) is 5.91 Å². The second-order valence-electron chi connectivity index (χ2n) is 5.88. The fourth-order valence-corrected chi connectivity index (χ4v) is 2.57. The largest absolute Gasteiger partial charge is 0.324 e. The van der Waals surface area contributed by atoms with Crippen molar-refractivity contribution in [3.8, 4) is 0 Å². The second kappa shape index (κ2) is 7.13. The maximum atomic E-state index is 12.6. The van der Waals surface area contributed by atoms with Crippen LogP contribution < -0.4 is 10.2 Å². The number of para-hydroxylation sites is 1. The first-order valence-electron chi connectivity index (χ1n) is 8.05. The molecule has 3 aromatic rings. The van der Waals surface area contributed by atoms with Crippen molar-refractivity contribution in [1.82, 2.24) is 9.97 Å². The third kappa shape index (κ3) is 4.01. The molecule has 25 heavy (non-hydrogen) atoms. The Kier molecular flexibility index (Phi) is 4.75. The third-order valence-electron chi connectivity index (χ3n) is 3.82. The van der Waals surface area contributed by atoms with E-state index in [4.69, 9.17) is 0 Å². The number of carbonyl (C=O) groups excluding carboxylic acids is 1. The van der Waals surface area contributed by atoms with Gasteiger partial charge in [-0.2, -0.15) is 0 Å². The highest BCUT2D eigenvalue weighted by Gasteiger charge is 2.13. The van der Waals surface area contributed by atoms with Crippen LogP contribution in [0.15, 0.2) is 60.7 Å².